The Morgan fingerprint density at radius 3 is 2.42 bits per heavy atom. The van der Waals surface area contributed by atoms with Gasteiger partial charge in [-0.15, -0.1) is 0 Å². The molecule has 0 unspecified atom stereocenters. The number of carbonyl (C=O) groups is 1. The molecule has 1 amide bonds. The lowest BCUT2D eigenvalue weighted by molar-refractivity contribution is -0.116. The van der Waals surface area contributed by atoms with Crippen molar-refractivity contribution in [2.75, 3.05) is 18.5 Å². The lowest BCUT2D eigenvalue weighted by Crippen LogP contribution is -2.13. The monoisotopic (exact) mass is 367 g/mol. The van der Waals surface area contributed by atoms with E-state index in [4.69, 9.17) is 32.7 Å². The Bertz CT molecular complexity index is 692. The number of para-hydroxylation sites is 2. The number of hydrogen-bond acceptors (Lipinski definition) is 3. The fraction of sp³-hybridized carbons (Fsp3) is 0.278. The summed E-state index contributed by atoms with van der Waals surface area (Å²) in [7, 11) is 0. The molecule has 0 aliphatic rings. The summed E-state index contributed by atoms with van der Waals surface area (Å²) in [5.74, 6) is 1.29. The highest BCUT2D eigenvalue weighted by molar-refractivity contribution is 6.42. The molecule has 0 saturated carbocycles. The Morgan fingerprint density at radius 2 is 1.75 bits per heavy atom. The SMILES string of the molecule is CCOc1ccccc1OCCCC(=O)Nc1ccc(Cl)c(Cl)c1. The molecular formula is C18H19Cl2NO3. The minimum atomic E-state index is -0.102. The molecule has 24 heavy (non-hydrogen) atoms. The van der Waals surface area contributed by atoms with Gasteiger partial charge in [0.15, 0.2) is 11.5 Å². The molecule has 0 atom stereocenters. The van der Waals surface area contributed by atoms with Crippen LogP contribution in [0.3, 0.4) is 0 Å². The van der Waals surface area contributed by atoms with Crippen LogP contribution in [0.5, 0.6) is 11.5 Å². The molecule has 0 aliphatic heterocycles. The first-order valence-electron chi connectivity index (χ1n) is 7.69. The van der Waals surface area contributed by atoms with Crippen molar-refractivity contribution >= 4 is 34.8 Å². The van der Waals surface area contributed by atoms with Crippen molar-refractivity contribution in [1.29, 1.82) is 0 Å². The Hall–Kier alpha value is -1.91. The summed E-state index contributed by atoms with van der Waals surface area (Å²) >= 11 is 11.8. The molecule has 0 spiro atoms. The van der Waals surface area contributed by atoms with Crippen molar-refractivity contribution in [2.24, 2.45) is 0 Å². The van der Waals surface area contributed by atoms with Gasteiger partial charge in [0.25, 0.3) is 0 Å². The fourth-order valence-electron chi connectivity index (χ4n) is 2.06. The topological polar surface area (TPSA) is 47.6 Å². The summed E-state index contributed by atoms with van der Waals surface area (Å²) in [5.41, 5.74) is 0.622. The molecule has 0 radical (unpaired) electrons. The molecule has 6 heteroatoms. The molecule has 0 bridgehead atoms. The summed E-state index contributed by atoms with van der Waals surface area (Å²) in [6.45, 7) is 2.93. The average Bonchev–Trinajstić information content (AvgIpc) is 2.57. The van der Waals surface area contributed by atoms with Crippen LogP contribution in [0.1, 0.15) is 19.8 Å². The molecule has 0 saturated heterocycles. The second kappa shape index (κ2) is 9.40. The molecule has 2 aromatic rings. The van der Waals surface area contributed by atoms with E-state index in [1.165, 1.54) is 0 Å². The first-order chi connectivity index (χ1) is 11.6. The quantitative estimate of drug-likeness (QED) is 0.653. The second-order valence-corrected chi connectivity index (χ2v) is 5.82. The molecule has 2 rings (SSSR count). The second-order valence-electron chi connectivity index (χ2n) is 5.01. The number of amides is 1. The number of benzene rings is 2. The summed E-state index contributed by atoms with van der Waals surface area (Å²) < 4.78 is 11.2. The Balaban J connectivity index is 1.76. The largest absolute Gasteiger partial charge is 0.490 e. The molecule has 1 N–H and O–H groups in total. The van der Waals surface area contributed by atoms with Crippen LogP contribution in [0, 0.1) is 0 Å². The van der Waals surface area contributed by atoms with E-state index in [9.17, 15) is 4.79 Å². The third-order valence-electron chi connectivity index (χ3n) is 3.16. The fourth-order valence-corrected chi connectivity index (χ4v) is 2.35. The standard InChI is InChI=1S/C18H19Cl2NO3/c1-2-23-16-6-3-4-7-17(16)24-11-5-8-18(22)21-13-9-10-14(19)15(20)12-13/h3-4,6-7,9-10,12H,2,5,8,11H2,1H3,(H,21,22). The van der Waals surface area contributed by atoms with Crippen LogP contribution in [0.2, 0.25) is 10.0 Å². The van der Waals surface area contributed by atoms with E-state index in [-0.39, 0.29) is 5.91 Å². The molecule has 0 fully saturated rings. The van der Waals surface area contributed by atoms with Crippen LogP contribution < -0.4 is 14.8 Å². The van der Waals surface area contributed by atoms with Gasteiger partial charge < -0.3 is 14.8 Å². The third kappa shape index (κ3) is 5.62. The highest BCUT2D eigenvalue weighted by Gasteiger charge is 2.06. The molecule has 2 aromatic carbocycles. The van der Waals surface area contributed by atoms with Crippen LogP contribution in [0.15, 0.2) is 42.5 Å². The normalized spacial score (nSPS) is 10.3. The third-order valence-corrected chi connectivity index (χ3v) is 3.90. The van der Waals surface area contributed by atoms with E-state index in [1.54, 1.807) is 18.2 Å². The van der Waals surface area contributed by atoms with Gasteiger partial charge in [0.2, 0.25) is 5.91 Å². The van der Waals surface area contributed by atoms with E-state index in [1.807, 2.05) is 31.2 Å². The zero-order valence-electron chi connectivity index (χ0n) is 13.4. The Morgan fingerprint density at radius 1 is 1.04 bits per heavy atom. The van der Waals surface area contributed by atoms with Gasteiger partial charge in [-0.25, -0.2) is 0 Å². The molecule has 4 nitrogen and oxygen atoms in total. The van der Waals surface area contributed by atoms with Gasteiger partial charge in [0.05, 0.1) is 23.3 Å². The van der Waals surface area contributed by atoms with Gasteiger partial charge >= 0.3 is 0 Å². The van der Waals surface area contributed by atoms with Crippen LogP contribution >= 0.6 is 23.2 Å². The molecule has 0 heterocycles. The Kier molecular flexibility index (Phi) is 7.22. The first kappa shape index (κ1) is 18.4. The van der Waals surface area contributed by atoms with Crippen LogP contribution in [-0.2, 0) is 4.79 Å². The van der Waals surface area contributed by atoms with Crippen molar-refractivity contribution < 1.29 is 14.3 Å². The summed E-state index contributed by atoms with van der Waals surface area (Å²) in [5, 5.41) is 3.64. The number of ether oxygens (including phenoxy) is 2. The number of hydrogen-bond donors (Lipinski definition) is 1. The zero-order valence-corrected chi connectivity index (χ0v) is 14.9. The van der Waals surface area contributed by atoms with Gasteiger partial charge in [0, 0.05) is 12.1 Å². The molecular weight excluding hydrogens is 349 g/mol. The zero-order chi connectivity index (χ0) is 17.4. The van der Waals surface area contributed by atoms with E-state index < -0.39 is 0 Å². The van der Waals surface area contributed by atoms with E-state index in [2.05, 4.69) is 5.32 Å². The number of anilines is 1. The number of carbonyl (C=O) groups excluding carboxylic acids is 1. The van der Waals surface area contributed by atoms with Gasteiger partial charge in [-0.1, -0.05) is 35.3 Å². The highest BCUT2D eigenvalue weighted by Crippen LogP contribution is 2.27. The molecule has 0 aromatic heterocycles. The van der Waals surface area contributed by atoms with Gasteiger partial charge in [0.1, 0.15) is 0 Å². The number of halogens is 2. The van der Waals surface area contributed by atoms with E-state index in [0.29, 0.717) is 53.3 Å². The minimum Gasteiger partial charge on any atom is -0.490 e. The first-order valence-corrected chi connectivity index (χ1v) is 8.45. The van der Waals surface area contributed by atoms with Crippen molar-refractivity contribution in [2.45, 2.75) is 19.8 Å². The van der Waals surface area contributed by atoms with Gasteiger partial charge in [-0.2, -0.15) is 0 Å². The van der Waals surface area contributed by atoms with Crippen molar-refractivity contribution in [1.82, 2.24) is 0 Å². The average molecular weight is 368 g/mol. The lowest BCUT2D eigenvalue weighted by atomic mass is 10.2. The maximum atomic E-state index is 11.9. The molecule has 128 valence electrons. The van der Waals surface area contributed by atoms with Crippen LogP contribution in [-0.4, -0.2) is 19.1 Å². The number of rotatable bonds is 8. The molecule has 0 aliphatic carbocycles. The summed E-state index contributed by atoms with van der Waals surface area (Å²) in [6, 6.07) is 12.5. The summed E-state index contributed by atoms with van der Waals surface area (Å²) in [4.78, 5) is 11.9. The predicted molar refractivity (Wildman–Crippen MR) is 97.4 cm³/mol. The van der Waals surface area contributed by atoms with Gasteiger partial charge in [-0.3, -0.25) is 4.79 Å². The maximum Gasteiger partial charge on any atom is 0.224 e. The van der Waals surface area contributed by atoms with Crippen molar-refractivity contribution in [3.63, 3.8) is 0 Å². The van der Waals surface area contributed by atoms with Crippen molar-refractivity contribution in [3.05, 3.63) is 52.5 Å². The van der Waals surface area contributed by atoms with Crippen LogP contribution in [0.25, 0.3) is 0 Å². The Labute approximate surface area is 151 Å². The lowest BCUT2D eigenvalue weighted by Gasteiger charge is -2.11. The minimum absolute atomic E-state index is 0.102. The van der Waals surface area contributed by atoms with E-state index >= 15 is 0 Å². The summed E-state index contributed by atoms with van der Waals surface area (Å²) in [6.07, 6.45) is 0.935. The smallest absolute Gasteiger partial charge is 0.224 e. The van der Waals surface area contributed by atoms with Gasteiger partial charge in [-0.05, 0) is 43.7 Å². The predicted octanol–water partition coefficient (Wildman–Crippen LogP) is 5.19. The highest BCUT2D eigenvalue weighted by atomic mass is 35.5. The van der Waals surface area contributed by atoms with E-state index in [0.717, 1.165) is 0 Å². The number of nitrogens with one attached hydrogen (secondary N) is 1. The maximum absolute atomic E-state index is 11.9. The van der Waals surface area contributed by atoms with Crippen molar-refractivity contribution in [3.8, 4) is 11.5 Å². The van der Waals surface area contributed by atoms with Crippen LogP contribution in [0.4, 0.5) is 5.69 Å².